The van der Waals surface area contributed by atoms with Gasteiger partial charge in [0.1, 0.15) is 29.3 Å². The summed E-state index contributed by atoms with van der Waals surface area (Å²) in [5.41, 5.74) is -0.612. The number of carboxylic acid groups (broad SMARTS) is 1. The lowest BCUT2D eigenvalue weighted by Gasteiger charge is -2.17. The van der Waals surface area contributed by atoms with Gasteiger partial charge in [-0.05, 0) is 72.5 Å². The molecule has 3 aromatic carbocycles. The Morgan fingerprint density at radius 3 is 2.51 bits per heavy atom. The van der Waals surface area contributed by atoms with E-state index in [0.717, 1.165) is 23.4 Å². The van der Waals surface area contributed by atoms with Crippen molar-refractivity contribution in [2.24, 2.45) is 0 Å². The normalized spacial score (nSPS) is 12.4. The van der Waals surface area contributed by atoms with Gasteiger partial charge in [0.25, 0.3) is 0 Å². The molecule has 1 heterocycles. The molecule has 1 unspecified atom stereocenters. The first-order valence-corrected chi connectivity index (χ1v) is 12.0. The topological polar surface area (TPSA) is 98.0 Å². The average molecular weight is 542 g/mol. The number of carboxylic acids is 1. The molecule has 0 saturated heterocycles. The molecule has 0 amide bonds. The molecule has 1 aromatic heterocycles. The van der Waals surface area contributed by atoms with Crippen LogP contribution in [-0.2, 0) is 6.18 Å². The summed E-state index contributed by atoms with van der Waals surface area (Å²) in [5.74, 6) is -0.673. The second kappa shape index (κ2) is 11.2. The van der Waals surface area contributed by atoms with Crippen molar-refractivity contribution in [1.82, 2.24) is 5.32 Å². The van der Waals surface area contributed by atoms with Crippen molar-refractivity contribution in [3.8, 4) is 22.6 Å². The molecule has 0 bridgehead atoms. The molecule has 0 saturated carbocycles. The minimum atomic E-state index is -4.62. The highest BCUT2D eigenvalue weighted by Gasteiger charge is 2.31. The van der Waals surface area contributed by atoms with Gasteiger partial charge in [0.15, 0.2) is 0 Å². The third kappa shape index (κ3) is 6.23. The number of hydrogen-bond acceptors (Lipinski definition) is 6. The molecule has 1 atom stereocenters. The monoisotopic (exact) mass is 541 g/mol. The summed E-state index contributed by atoms with van der Waals surface area (Å²) < 4.78 is 57.2. The van der Waals surface area contributed by atoms with E-state index in [2.05, 4.69) is 5.32 Å². The van der Waals surface area contributed by atoms with E-state index in [0.29, 0.717) is 17.5 Å². The smallest absolute Gasteiger partial charge is 0.416 e. The fourth-order valence-corrected chi connectivity index (χ4v) is 4.27. The number of hydrogen-bond donors (Lipinski definition) is 2. The number of aromatic carboxylic acids is 1. The number of rotatable bonds is 9. The van der Waals surface area contributed by atoms with Gasteiger partial charge < -0.3 is 24.3 Å². The van der Waals surface area contributed by atoms with Gasteiger partial charge in [-0.2, -0.15) is 13.2 Å². The molecule has 4 rings (SSSR count). The van der Waals surface area contributed by atoms with Gasteiger partial charge in [-0.25, -0.2) is 9.59 Å². The molecule has 39 heavy (non-hydrogen) atoms. The Morgan fingerprint density at radius 1 is 1.05 bits per heavy atom. The Hall–Kier alpha value is -4.31. The molecule has 0 aliphatic heterocycles. The Bertz CT molecular complexity index is 1580. The fraction of sp³-hybridized carbons (Fsp3) is 0.241. The first-order chi connectivity index (χ1) is 18.5. The Balaban J connectivity index is 1.57. The number of alkyl halides is 3. The van der Waals surface area contributed by atoms with Crippen molar-refractivity contribution < 1.29 is 37.0 Å². The second-order valence-electron chi connectivity index (χ2n) is 8.95. The molecule has 0 spiro atoms. The van der Waals surface area contributed by atoms with Crippen LogP contribution < -0.4 is 20.4 Å². The summed E-state index contributed by atoms with van der Waals surface area (Å²) in [6.07, 6.45) is -4.62. The molecule has 0 radical (unpaired) electrons. The molecule has 7 nitrogen and oxygen atoms in total. The highest BCUT2D eigenvalue weighted by atomic mass is 19.4. The molecule has 204 valence electrons. The lowest BCUT2D eigenvalue weighted by Crippen LogP contribution is -2.24. The molecule has 10 heteroatoms. The number of carbonyl (C=O) groups is 1. The third-order valence-corrected chi connectivity index (χ3v) is 6.36. The van der Waals surface area contributed by atoms with E-state index < -0.39 is 28.9 Å². The van der Waals surface area contributed by atoms with E-state index in [4.69, 9.17) is 13.9 Å². The van der Waals surface area contributed by atoms with Crippen LogP contribution in [0.25, 0.3) is 22.1 Å². The summed E-state index contributed by atoms with van der Waals surface area (Å²) in [5, 5.41) is 12.9. The van der Waals surface area contributed by atoms with Crippen molar-refractivity contribution in [3.63, 3.8) is 0 Å². The van der Waals surface area contributed by atoms with Crippen molar-refractivity contribution >= 4 is 16.9 Å². The zero-order chi connectivity index (χ0) is 28.3. The summed E-state index contributed by atoms with van der Waals surface area (Å²) in [4.78, 5) is 23.6. The molecule has 0 fully saturated rings. The highest BCUT2D eigenvalue weighted by Crippen LogP contribution is 2.36. The fourth-order valence-electron chi connectivity index (χ4n) is 4.27. The van der Waals surface area contributed by atoms with Crippen molar-refractivity contribution in [2.75, 3.05) is 20.3 Å². The maximum atomic E-state index is 13.7. The minimum Gasteiger partial charge on any atom is -0.497 e. The number of fused-ring (bicyclic) bond motifs is 1. The van der Waals surface area contributed by atoms with Gasteiger partial charge in [0.2, 0.25) is 0 Å². The van der Waals surface area contributed by atoms with E-state index in [9.17, 15) is 27.9 Å². The third-order valence-electron chi connectivity index (χ3n) is 6.36. The number of aryl methyl sites for hydroxylation is 1. The predicted molar refractivity (Wildman–Crippen MR) is 140 cm³/mol. The number of methoxy groups -OCH3 is 1. The van der Waals surface area contributed by atoms with E-state index in [-0.39, 0.29) is 35.1 Å². The van der Waals surface area contributed by atoms with Crippen LogP contribution in [0.4, 0.5) is 13.2 Å². The molecule has 4 aromatic rings. The number of benzene rings is 3. The van der Waals surface area contributed by atoms with Gasteiger partial charge in [-0.3, -0.25) is 0 Å². The van der Waals surface area contributed by atoms with Crippen molar-refractivity contribution in [2.45, 2.75) is 26.1 Å². The van der Waals surface area contributed by atoms with Crippen molar-refractivity contribution in [3.05, 3.63) is 93.3 Å². The SMILES string of the molecule is COc1cccc(C(C)NCCOc2cc(-c3ccc4c(C)c(C(=O)O)c(=O)oc4c3)cc(C(F)(F)F)c2)c1. The van der Waals surface area contributed by atoms with Gasteiger partial charge in [0.05, 0.1) is 12.7 Å². The zero-order valence-electron chi connectivity index (χ0n) is 21.4. The van der Waals surface area contributed by atoms with Crippen LogP contribution in [0, 0.1) is 6.92 Å². The van der Waals surface area contributed by atoms with Crippen LogP contribution in [0.15, 0.2) is 69.9 Å². The first-order valence-electron chi connectivity index (χ1n) is 12.0. The predicted octanol–water partition coefficient (Wildman–Crippen LogP) is 6.22. The van der Waals surface area contributed by atoms with Crippen LogP contribution in [0.1, 0.15) is 40.0 Å². The van der Waals surface area contributed by atoms with Crippen LogP contribution in [0.2, 0.25) is 0 Å². The lowest BCUT2D eigenvalue weighted by molar-refractivity contribution is -0.137. The van der Waals surface area contributed by atoms with Gasteiger partial charge in [0, 0.05) is 18.0 Å². The Labute approximate surface area is 221 Å². The largest absolute Gasteiger partial charge is 0.497 e. The maximum Gasteiger partial charge on any atom is 0.416 e. The van der Waals surface area contributed by atoms with Gasteiger partial charge in [-0.15, -0.1) is 0 Å². The van der Waals surface area contributed by atoms with E-state index >= 15 is 0 Å². The van der Waals surface area contributed by atoms with Crippen LogP contribution in [0.5, 0.6) is 11.5 Å². The summed E-state index contributed by atoms with van der Waals surface area (Å²) >= 11 is 0. The van der Waals surface area contributed by atoms with Gasteiger partial charge in [-0.1, -0.05) is 24.3 Å². The second-order valence-corrected chi connectivity index (χ2v) is 8.95. The lowest BCUT2D eigenvalue weighted by atomic mass is 9.99. The summed E-state index contributed by atoms with van der Waals surface area (Å²) in [6, 6.07) is 15.3. The quantitative estimate of drug-likeness (QED) is 0.192. The Morgan fingerprint density at radius 2 is 1.82 bits per heavy atom. The minimum absolute atomic E-state index is 0.0228. The molecule has 0 aliphatic rings. The summed E-state index contributed by atoms with van der Waals surface area (Å²) in [6.45, 7) is 3.91. The number of ether oxygens (including phenoxy) is 2. The van der Waals surface area contributed by atoms with Gasteiger partial charge >= 0.3 is 17.8 Å². The molecule has 2 N–H and O–H groups in total. The first kappa shape index (κ1) is 27.7. The standard InChI is InChI=1S/C29H26F3NO6/c1-16-24-8-7-19(14-25(24)39-28(36)26(16)27(34)35)20-11-21(29(30,31)32)15-23(13-20)38-10-9-33-17(2)18-5-4-6-22(12-18)37-3/h4-8,11-15,17,33H,9-10H2,1-3H3,(H,34,35). The summed E-state index contributed by atoms with van der Waals surface area (Å²) in [7, 11) is 1.58. The van der Waals surface area contributed by atoms with Crippen LogP contribution in [0.3, 0.4) is 0 Å². The van der Waals surface area contributed by atoms with Crippen LogP contribution in [-0.4, -0.2) is 31.3 Å². The number of halogens is 3. The Kier molecular flexibility index (Phi) is 7.96. The molecule has 0 aliphatic carbocycles. The zero-order valence-corrected chi connectivity index (χ0v) is 21.4. The highest BCUT2D eigenvalue weighted by molar-refractivity contribution is 5.95. The van der Waals surface area contributed by atoms with Crippen LogP contribution >= 0.6 is 0 Å². The average Bonchev–Trinajstić information content (AvgIpc) is 2.89. The van der Waals surface area contributed by atoms with E-state index in [1.807, 2.05) is 31.2 Å². The van der Waals surface area contributed by atoms with E-state index in [1.54, 1.807) is 7.11 Å². The maximum absolute atomic E-state index is 13.7. The van der Waals surface area contributed by atoms with Crippen molar-refractivity contribution in [1.29, 1.82) is 0 Å². The number of nitrogens with one attached hydrogen (secondary N) is 1. The van der Waals surface area contributed by atoms with E-state index in [1.165, 1.54) is 31.2 Å². The molecular formula is C29H26F3NO6. The molecular weight excluding hydrogens is 515 g/mol.